The van der Waals surface area contributed by atoms with Gasteiger partial charge in [0.2, 0.25) is 5.91 Å². The van der Waals surface area contributed by atoms with Gasteiger partial charge in [0.25, 0.3) is 0 Å². The maximum Gasteiger partial charge on any atom is 0.235 e. The van der Waals surface area contributed by atoms with Crippen molar-refractivity contribution in [2.24, 2.45) is 11.8 Å². The van der Waals surface area contributed by atoms with Crippen LogP contribution in [0.5, 0.6) is 5.75 Å². The molecule has 172 valence electrons. The lowest BCUT2D eigenvalue weighted by Crippen LogP contribution is -2.42. The summed E-state index contributed by atoms with van der Waals surface area (Å²) in [4.78, 5) is 15.9. The molecule has 1 amide bonds. The van der Waals surface area contributed by atoms with E-state index in [2.05, 4.69) is 36.2 Å². The van der Waals surface area contributed by atoms with Crippen molar-refractivity contribution in [3.05, 3.63) is 60.2 Å². The average molecular weight is 435 g/mol. The lowest BCUT2D eigenvalue weighted by molar-refractivity contribution is -0.122. The van der Waals surface area contributed by atoms with Crippen molar-refractivity contribution >= 4 is 11.6 Å². The summed E-state index contributed by atoms with van der Waals surface area (Å²) >= 11 is 0. The van der Waals surface area contributed by atoms with E-state index >= 15 is 0 Å². The first-order chi connectivity index (χ1) is 15.5. The van der Waals surface area contributed by atoms with E-state index in [-0.39, 0.29) is 5.91 Å². The summed E-state index contributed by atoms with van der Waals surface area (Å²) in [7, 11) is 0. The van der Waals surface area contributed by atoms with Crippen molar-refractivity contribution in [1.82, 2.24) is 4.90 Å². The van der Waals surface area contributed by atoms with Gasteiger partial charge in [-0.1, -0.05) is 63.4 Å². The second kappa shape index (κ2) is 10.5. The molecular weight excluding hydrogens is 396 g/mol. The van der Waals surface area contributed by atoms with Crippen molar-refractivity contribution in [3.63, 3.8) is 0 Å². The van der Waals surface area contributed by atoms with Crippen molar-refractivity contribution in [1.29, 1.82) is 0 Å². The number of hydrogen-bond acceptors (Lipinski definition) is 3. The maximum absolute atomic E-state index is 13.4. The van der Waals surface area contributed by atoms with Gasteiger partial charge in [0, 0.05) is 25.3 Å². The van der Waals surface area contributed by atoms with Crippen LogP contribution in [0.2, 0.25) is 0 Å². The van der Waals surface area contributed by atoms with Gasteiger partial charge in [-0.3, -0.25) is 9.69 Å². The van der Waals surface area contributed by atoms with Crippen LogP contribution in [0.4, 0.5) is 5.69 Å². The largest absolute Gasteiger partial charge is 0.492 e. The number of rotatable bonds is 7. The van der Waals surface area contributed by atoms with E-state index in [0.717, 1.165) is 61.1 Å². The van der Waals surface area contributed by atoms with E-state index in [9.17, 15) is 4.79 Å². The number of anilines is 1. The van der Waals surface area contributed by atoms with Crippen LogP contribution in [0.3, 0.4) is 0 Å². The number of amides is 1. The first-order valence-electron chi connectivity index (χ1n) is 12.4. The predicted octanol–water partition coefficient (Wildman–Crippen LogP) is 5.88. The van der Waals surface area contributed by atoms with E-state index in [1.165, 1.54) is 25.9 Å². The molecule has 1 saturated carbocycles. The lowest BCUT2D eigenvalue weighted by Gasteiger charge is -2.36. The third kappa shape index (κ3) is 5.53. The Bertz CT molecular complexity index is 849. The molecule has 1 heterocycles. The molecule has 4 rings (SSSR count). The van der Waals surface area contributed by atoms with Crippen LogP contribution in [0.25, 0.3) is 0 Å². The molecule has 4 heteroatoms. The smallest absolute Gasteiger partial charge is 0.235 e. The van der Waals surface area contributed by atoms with Crippen LogP contribution in [0, 0.1) is 11.8 Å². The Labute approximate surface area is 193 Å². The fraction of sp³-hybridized carbons (Fsp3) is 0.536. The molecule has 2 atom stereocenters. The van der Waals surface area contributed by atoms with Crippen molar-refractivity contribution < 1.29 is 9.53 Å². The molecule has 0 radical (unpaired) electrons. The minimum absolute atomic E-state index is 0.116. The number of hydrogen-bond donors (Lipinski definition) is 1. The molecule has 2 fully saturated rings. The van der Waals surface area contributed by atoms with Gasteiger partial charge >= 0.3 is 0 Å². The van der Waals surface area contributed by atoms with Gasteiger partial charge in [0.05, 0.1) is 5.41 Å². The van der Waals surface area contributed by atoms with Crippen molar-refractivity contribution in [2.75, 3.05) is 31.6 Å². The Balaban J connectivity index is 1.33. The predicted molar refractivity (Wildman–Crippen MR) is 131 cm³/mol. The van der Waals surface area contributed by atoms with Crippen LogP contribution < -0.4 is 10.1 Å². The number of likely N-dealkylation sites (tertiary alicyclic amines) is 1. The number of benzene rings is 2. The standard InChI is InChI=1S/C28H38N2O2/c1-22-19-23(2)21-30(20-22)17-18-32-26-13-11-25(12-14-26)29-27(31)28(15-7-4-8-16-28)24-9-5-3-6-10-24/h3,5-6,9-14,22-23H,4,7-8,15-21H2,1-2H3,(H,29,31)/t22-,23-/m1/s1. The Hall–Kier alpha value is -2.33. The number of nitrogens with one attached hydrogen (secondary N) is 1. The molecule has 2 aliphatic rings. The van der Waals surface area contributed by atoms with Crippen molar-refractivity contribution in [3.8, 4) is 5.75 Å². The van der Waals surface area contributed by atoms with Crippen LogP contribution in [0.15, 0.2) is 54.6 Å². The monoisotopic (exact) mass is 434 g/mol. The number of carbonyl (C=O) groups excluding carboxylic acids is 1. The fourth-order valence-electron chi connectivity index (χ4n) is 5.71. The second-order valence-corrected chi connectivity index (χ2v) is 10.0. The summed E-state index contributed by atoms with van der Waals surface area (Å²) in [6.07, 6.45) is 6.57. The Morgan fingerprint density at radius 2 is 1.62 bits per heavy atom. The van der Waals surface area contributed by atoms with E-state index in [1.54, 1.807) is 0 Å². The molecule has 4 nitrogen and oxygen atoms in total. The van der Waals surface area contributed by atoms with Gasteiger partial charge in [-0.05, 0) is 60.9 Å². The quantitative estimate of drug-likeness (QED) is 0.591. The van der Waals surface area contributed by atoms with Crippen LogP contribution >= 0.6 is 0 Å². The summed E-state index contributed by atoms with van der Waals surface area (Å²) < 4.78 is 5.99. The number of nitrogens with zero attached hydrogens (tertiary/aromatic N) is 1. The summed E-state index contributed by atoms with van der Waals surface area (Å²) in [6.45, 7) is 8.68. The van der Waals surface area contributed by atoms with Crippen LogP contribution in [-0.2, 0) is 10.2 Å². The average Bonchev–Trinajstić information content (AvgIpc) is 2.80. The zero-order valence-electron chi connectivity index (χ0n) is 19.7. The molecule has 1 saturated heterocycles. The highest BCUT2D eigenvalue weighted by Crippen LogP contribution is 2.40. The Morgan fingerprint density at radius 1 is 0.969 bits per heavy atom. The zero-order valence-corrected chi connectivity index (χ0v) is 19.7. The molecule has 0 bridgehead atoms. The van der Waals surface area contributed by atoms with E-state index < -0.39 is 5.41 Å². The molecule has 2 aromatic carbocycles. The Morgan fingerprint density at radius 3 is 2.28 bits per heavy atom. The van der Waals surface area contributed by atoms with Gasteiger partial charge in [0.15, 0.2) is 0 Å². The van der Waals surface area contributed by atoms with Gasteiger partial charge in [-0.15, -0.1) is 0 Å². The third-order valence-corrected chi connectivity index (χ3v) is 7.20. The van der Waals surface area contributed by atoms with Gasteiger partial charge < -0.3 is 10.1 Å². The lowest BCUT2D eigenvalue weighted by atomic mass is 9.68. The number of piperidine rings is 1. The number of carbonyl (C=O) groups is 1. The molecule has 1 N–H and O–H groups in total. The van der Waals surface area contributed by atoms with Gasteiger partial charge in [0.1, 0.15) is 12.4 Å². The summed E-state index contributed by atoms with van der Waals surface area (Å²) in [6, 6.07) is 18.1. The van der Waals surface area contributed by atoms with E-state index in [4.69, 9.17) is 4.74 Å². The zero-order chi connectivity index (χ0) is 22.4. The van der Waals surface area contributed by atoms with E-state index in [0.29, 0.717) is 6.61 Å². The van der Waals surface area contributed by atoms with Gasteiger partial charge in [-0.25, -0.2) is 0 Å². The molecule has 0 aromatic heterocycles. The minimum Gasteiger partial charge on any atom is -0.492 e. The molecule has 0 unspecified atom stereocenters. The molecule has 0 spiro atoms. The van der Waals surface area contributed by atoms with Gasteiger partial charge in [-0.2, -0.15) is 0 Å². The first kappa shape index (κ1) is 22.8. The molecular formula is C28H38N2O2. The summed E-state index contributed by atoms with van der Waals surface area (Å²) in [5.74, 6) is 2.51. The third-order valence-electron chi connectivity index (χ3n) is 7.20. The highest BCUT2D eigenvalue weighted by Gasteiger charge is 2.41. The van der Waals surface area contributed by atoms with Crippen LogP contribution in [0.1, 0.15) is 57.9 Å². The maximum atomic E-state index is 13.4. The van der Waals surface area contributed by atoms with E-state index in [1.807, 2.05) is 42.5 Å². The molecule has 1 aliphatic heterocycles. The Kier molecular flexibility index (Phi) is 7.51. The SMILES string of the molecule is C[C@@H]1C[C@@H](C)CN(CCOc2ccc(NC(=O)C3(c4ccccc4)CCCCC3)cc2)C1. The van der Waals surface area contributed by atoms with Crippen LogP contribution in [-0.4, -0.2) is 37.0 Å². The summed E-state index contributed by atoms with van der Waals surface area (Å²) in [5, 5.41) is 3.19. The molecule has 2 aromatic rings. The first-order valence-corrected chi connectivity index (χ1v) is 12.4. The molecule has 1 aliphatic carbocycles. The highest BCUT2D eigenvalue weighted by atomic mass is 16.5. The number of ether oxygens (including phenoxy) is 1. The normalized spacial score (nSPS) is 23.4. The fourth-order valence-corrected chi connectivity index (χ4v) is 5.71. The molecule has 32 heavy (non-hydrogen) atoms. The summed E-state index contributed by atoms with van der Waals surface area (Å²) in [5.41, 5.74) is 1.55. The topological polar surface area (TPSA) is 41.6 Å². The minimum atomic E-state index is -0.419. The van der Waals surface area contributed by atoms with Crippen molar-refractivity contribution in [2.45, 2.75) is 57.8 Å². The second-order valence-electron chi connectivity index (χ2n) is 10.0. The highest BCUT2D eigenvalue weighted by molar-refractivity contribution is 5.99.